The standard InChI is InChI=1S/C18H14N6O2/c25-24(26)16-11-12-17(19-13-16)21-23-18(14-7-3-1-4-8-14)22-20-15-9-5-2-6-10-15/h1-13H,(H,19,21). The van der Waals surface area contributed by atoms with Crippen LogP contribution in [0.4, 0.5) is 17.2 Å². The topological polar surface area (TPSA) is 105 Å². The van der Waals surface area contributed by atoms with E-state index in [1.165, 1.54) is 12.1 Å². The largest absolute Gasteiger partial charge is 0.287 e. The summed E-state index contributed by atoms with van der Waals surface area (Å²) in [6, 6.07) is 21.4. The molecule has 1 heterocycles. The molecule has 2 aromatic carbocycles. The highest BCUT2D eigenvalue weighted by molar-refractivity contribution is 5.99. The van der Waals surface area contributed by atoms with Crippen molar-refractivity contribution < 1.29 is 4.92 Å². The van der Waals surface area contributed by atoms with Crippen LogP contribution in [0.5, 0.6) is 0 Å². The second kappa shape index (κ2) is 8.25. The van der Waals surface area contributed by atoms with Crippen LogP contribution in [0.15, 0.2) is 94.3 Å². The van der Waals surface area contributed by atoms with Crippen LogP contribution in [0, 0.1) is 10.1 Å². The molecule has 3 aromatic rings. The molecule has 0 fully saturated rings. The molecule has 26 heavy (non-hydrogen) atoms. The number of pyridine rings is 1. The third-order valence-electron chi connectivity index (χ3n) is 3.28. The van der Waals surface area contributed by atoms with Crippen LogP contribution in [0.1, 0.15) is 5.56 Å². The maximum atomic E-state index is 10.7. The Bertz CT molecular complexity index is 925. The second-order valence-corrected chi connectivity index (χ2v) is 5.11. The van der Waals surface area contributed by atoms with Crippen molar-refractivity contribution in [1.82, 2.24) is 4.98 Å². The average molecular weight is 346 g/mol. The van der Waals surface area contributed by atoms with Crippen LogP contribution >= 0.6 is 0 Å². The lowest BCUT2D eigenvalue weighted by Gasteiger charge is -2.02. The van der Waals surface area contributed by atoms with Gasteiger partial charge in [0.2, 0.25) is 5.84 Å². The number of nitrogens with zero attached hydrogens (tertiary/aromatic N) is 5. The van der Waals surface area contributed by atoms with E-state index in [1.54, 1.807) is 0 Å². The summed E-state index contributed by atoms with van der Waals surface area (Å²) in [5, 5.41) is 23.3. The Hall–Kier alpha value is -3.94. The van der Waals surface area contributed by atoms with Gasteiger partial charge in [0.05, 0.1) is 10.6 Å². The molecule has 128 valence electrons. The summed E-state index contributed by atoms with van der Waals surface area (Å²) in [6.07, 6.45) is 1.16. The quantitative estimate of drug-likeness (QED) is 0.240. The lowest BCUT2D eigenvalue weighted by atomic mass is 10.2. The summed E-state index contributed by atoms with van der Waals surface area (Å²) in [5.74, 6) is 0.716. The van der Waals surface area contributed by atoms with Crippen LogP contribution in [-0.4, -0.2) is 15.7 Å². The molecule has 0 atom stereocenters. The lowest BCUT2D eigenvalue weighted by molar-refractivity contribution is -0.385. The van der Waals surface area contributed by atoms with E-state index in [2.05, 4.69) is 25.7 Å². The first-order chi connectivity index (χ1) is 12.7. The molecule has 0 aliphatic carbocycles. The van der Waals surface area contributed by atoms with Crippen LogP contribution in [0.2, 0.25) is 0 Å². The van der Waals surface area contributed by atoms with Crippen molar-refractivity contribution in [2.24, 2.45) is 15.3 Å². The van der Waals surface area contributed by atoms with E-state index >= 15 is 0 Å². The molecule has 0 aliphatic rings. The number of azo groups is 1. The third kappa shape index (κ3) is 4.54. The number of aromatic nitrogens is 1. The smallest absolute Gasteiger partial charge is 0.259 e. The van der Waals surface area contributed by atoms with E-state index in [-0.39, 0.29) is 5.69 Å². The minimum absolute atomic E-state index is 0.0911. The predicted octanol–water partition coefficient (Wildman–Crippen LogP) is 4.55. The summed E-state index contributed by atoms with van der Waals surface area (Å²) < 4.78 is 0. The Labute approximate surface area is 149 Å². The lowest BCUT2D eigenvalue weighted by Crippen LogP contribution is -2.02. The number of nitro groups is 1. The summed E-state index contributed by atoms with van der Waals surface area (Å²) in [6.45, 7) is 0. The second-order valence-electron chi connectivity index (χ2n) is 5.11. The Morgan fingerprint density at radius 1 is 0.962 bits per heavy atom. The molecule has 0 spiro atoms. The molecule has 3 rings (SSSR count). The van der Waals surface area contributed by atoms with Crippen molar-refractivity contribution >= 4 is 23.0 Å². The van der Waals surface area contributed by atoms with Gasteiger partial charge in [-0.15, -0.1) is 10.2 Å². The van der Waals surface area contributed by atoms with E-state index in [1.807, 2.05) is 60.7 Å². The van der Waals surface area contributed by atoms with Gasteiger partial charge in [0, 0.05) is 11.6 Å². The van der Waals surface area contributed by atoms with Gasteiger partial charge in [-0.25, -0.2) is 4.98 Å². The van der Waals surface area contributed by atoms with Gasteiger partial charge < -0.3 is 0 Å². The van der Waals surface area contributed by atoms with Crippen LogP contribution in [0.25, 0.3) is 0 Å². The van der Waals surface area contributed by atoms with Crippen LogP contribution in [-0.2, 0) is 0 Å². The molecule has 0 radical (unpaired) electrons. The molecule has 1 N–H and O–H groups in total. The first-order valence-corrected chi connectivity index (χ1v) is 7.69. The molecular formula is C18H14N6O2. The minimum atomic E-state index is -0.510. The maximum Gasteiger partial charge on any atom is 0.287 e. The van der Waals surface area contributed by atoms with E-state index in [0.717, 1.165) is 11.8 Å². The molecule has 0 aliphatic heterocycles. The normalized spacial score (nSPS) is 11.5. The summed E-state index contributed by atoms with van der Waals surface area (Å²) in [7, 11) is 0. The van der Waals surface area contributed by atoms with Crippen LogP contribution in [0.3, 0.4) is 0 Å². The van der Waals surface area contributed by atoms with Crippen molar-refractivity contribution in [1.29, 1.82) is 0 Å². The van der Waals surface area contributed by atoms with Crippen molar-refractivity contribution in [3.8, 4) is 0 Å². The van der Waals surface area contributed by atoms with Gasteiger partial charge in [0.15, 0.2) is 0 Å². The molecule has 8 heteroatoms. The number of amidine groups is 1. The Kier molecular flexibility index (Phi) is 5.36. The first kappa shape index (κ1) is 16.9. The fraction of sp³-hybridized carbons (Fsp3) is 0. The fourth-order valence-electron chi connectivity index (χ4n) is 2.00. The van der Waals surface area contributed by atoms with Gasteiger partial charge in [-0.1, -0.05) is 48.5 Å². The van der Waals surface area contributed by atoms with Crippen molar-refractivity contribution in [3.05, 3.63) is 94.7 Å². The third-order valence-corrected chi connectivity index (χ3v) is 3.28. The zero-order valence-electron chi connectivity index (χ0n) is 13.6. The predicted molar refractivity (Wildman–Crippen MR) is 98.5 cm³/mol. The summed E-state index contributed by atoms with van der Waals surface area (Å²) in [5.41, 5.74) is 4.12. The molecule has 0 amide bonds. The first-order valence-electron chi connectivity index (χ1n) is 7.69. The number of hydrazone groups is 1. The van der Waals surface area contributed by atoms with Gasteiger partial charge in [0.1, 0.15) is 12.0 Å². The highest BCUT2D eigenvalue weighted by Crippen LogP contribution is 2.14. The highest BCUT2D eigenvalue weighted by Gasteiger charge is 2.06. The van der Waals surface area contributed by atoms with Gasteiger partial charge in [-0.2, -0.15) is 5.10 Å². The van der Waals surface area contributed by atoms with Gasteiger partial charge in [-0.05, 0) is 18.2 Å². The molecule has 0 bridgehead atoms. The monoisotopic (exact) mass is 346 g/mol. The fourth-order valence-corrected chi connectivity index (χ4v) is 2.00. The Morgan fingerprint density at radius 2 is 1.65 bits per heavy atom. The zero-order valence-corrected chi connectivity index (χ0v) is 13.6. The van der Waals surface area contributed by atoms with Crippen molar-refractivity contribution in [2.45, 2.75) is 0 Å². The Morgan fingerprint density at radius 3 is 2.27 bits per heavy atom. The van der Waals surface area contributed by atoms with E-state index in [0.29, 0.717) is 17.3 Å². The summed E-state index contributed by atoms with van der Waals surface area (Å²) >= 11 is 0. The number of hydrogen-bond acceptors (Lipinski definition) is 6. The van der Waals surface area contributed by atoms with Crippen molar-refractivity contribution in [3.63, 3.8) is 0 Å². The van der Waals surface area contributed by atoms with E-state index in [4.69, 9.17) is 0 Å². The highest BCUT2D eigenvalue weighted by atomic mass is 16.6. The Balaban J connectivity index is 1.84. The molecular weight excluding hydrogens is 332 g/mol. The average Bonchev–Trinajstić information content (AvgIpc) is 2.70. The molecule has 0 unspecified atom stereocenters. The van der Waals surface area contributed by atoms with Gasteiger partial charge in [-0.3, -0.25) is 15.5 Å². The number of anilines is 1. The van der Waals surface area contributed by atoms with Crippen LogP contribution < -0.4 is 5.43 Å². The van der Waals surface area contributed by atoms with E-state index in [9.17, 15) is 10.1 Å². The SMILES string of the molecule is O=[N+]([O-])c1ccc(NN=C(N=Nc2ccccc2)c2ccccc2)nc1. The minimum Gasteiger partial charge on any atom is -0.259 e. The summed E-state index contributed by atoms with van der Waals surface area (Å²) in [4.78, 5) is 14.1. The van der Waals surface area contributed by atoms with Gasteiger partial charge >= 0.3 is 0 Å². The molecule has 0 saturated carbocycles. The molecule has 0 saturated heterocycles. The zero-order chi connectivity index (χ0) is 18.2. The molecule has 1 aromatic heterocycles. The number of benzene rings is 2. The number of nitrogens with one attached hydrogen (secondary N) is 1. The number of rotatable bonds is 5. The molecule has 8 nitrogen and oxygen atoms in total. The maximum absolute atomic E-state index is 10.7. The van der Waals surface area contributed by atoms with Crippen molar-refractivity contribution in [2.75, 3.05) is 5.43 Å². The van der Waals surface area contributed by atoms with E-state index < -0.39 is 4.92 Å². The van der Waals surface area contributed by atoms with Gasteiger partial charge in [0.25, 0.3) is 5.69 Å². The number of hydrogen-bond donors (Lipinski definition) is 1.